The number of hydrogen-bond acceptors (Lipinski definition) is 8. The van der Waals surface area contributed by atoms with Crippen molar-refractivity contribution < 1.29 is 23.9 Å². The molecule has 2 aliphatic rings. The van der Waals surface area contributed by atoms with E-state index in [9.17, 15) is 19.2 Å². The lowest BCUT2D eigenvalue weighted by Gasteiger charge is -2.27. The Morgan fingerprint density at radius 3 is 2.40 bits per heavy atom. The van der Waals surface area contributed by atoms with Crippen LogP contribution < -0.4 is 16.0 Å². The fourth-order valence-corrected chi connectivity index (χ4v) is 5.97. The van der Waals surface area contributed by atoms with Crippen molar-refractivity contribution >= 4 is 45.2 Å². The minimum absolute atomic E-state index is 0.0547. The molecular weight excluding hydrogens is 486 g/mol. The maximum Gasteiger partial charge on any atom is 0.324 e. The van der Waals surface area contributed by atoms with E-state index in [4.69, 9.17) is 4.74 Å². The van der Waals surface area contributed by atoms with Gasteiger partial charge in [-0.15, -0.1) is 0 Å². The van der Waals surface area contributed by atoms with Gasteiger partial charge in [0.1, 0.15) is 18.2 Å². The van der Waals surface area contributed by atoms with Crippen LogP contribution in [0.25, 0.3) is 0 Å². The lowest BCUT2D eigenvalue weighted by Crippen LogP contribution is -2.55. The number of esters is 1. The summed E-state index contributed by atoms with van der Waals surface area (Å²) >= 11 is 0. The zero-order valence-electron chi connectivity index (χ0n) is 21.3. The zero-order valence-corrected chi connectivity index (χ0v) is 22.9. The summed E-state index contributed by atoms with van der Waals surface area (Å²) in [6.07, 6.45) is 5.59. The molecule has 2 rings (SSSR count). The third kappa shape index (κ3) is 9.65. The van der Waals surface area contributed by atoms with Gasteiger partial charge in [-0.1, -0.05) is 67.0 Å². The zero-order chi connectivity index (χ0) is 26.0. The summed E-state index contributed by atoms with van der Waals surface area (Å²) in [5, 5.41) is 8.92. The van der Waals surface area contributed by atoms with Crippen molar-refractivity contribution in [1.29, 1.82) is 0 Å². The molecule has 1 saturated heterocycles. The molecule has 0 aromatic heterocycles. The highest BCUT2D eigenvalue weighted by molar-refractivity contribution is 8.76. The van der Waals surface area contributed by atoms with Crippen LogP contribution in [0.15, 0.2) is 23.8 Å². The number of ether oxygens (including phenoxy) is 1. The van der Waals surface area contributed by atoms with E-state index in [1.165, 1.54) is 0 Å². The maximum absolute atomic E-state index is 13.3. The van der Waals surface area contributed by atoms with Gasteiger partial charge in [0.15, 0.2) is 5.78 Å². The average molecular weight is 526 g/mol. The normalized spacial score (nSPS) is 30.5. The number of allylic oxidation sites excluding steroid dienone is 2. The van der Waals surface area contributed by atoms with E-state index in [0.717, 1.165) is 17.7 Å². The first-order valence-corrected chi connectivity index (χ1v) is 14.7. The fraction of sp³-hybridized carbons (Fsp3) is 0.680. The molecule has 2 aliphatic heterocycles. The first-order valence-electron chi connectivity index (χ1n) is 12.2. The molecule has 0 aromatic rings. The number of nitrogens with one attached hydrogen (secondary N) is 3. The van der Waals surface area contributed by atoms with Crippen molar-refractivity contribution in [1.82, 2.24) is 16.0 Å². The minimum Gasteiger partial charge on any atom is -0.456 e. The molecule has 4 atom stereocenters. The van der Waals surface area contributed by atoms with Crippen molar-refractivity contribution in [3.63, 3.8) is 0 Å². The molecule has 8 nitrogen and oxygen atoms in total. The largest absolute Gasteiger partial charge is 0.456 e. The van der Waals surface area contributed by atoms with Crippen LogP contribution in [-0.2, 0) is 23.9 Å². The second kappa shape index (κ2) is 14.7. The lowest BCUT2D eigenvalue weighted by molar-refractivity contribution is -0.151. The predicted octanol–water partition coefficient (Wildman–Crippen LogP) is 2.79. The van der Waals surface area contributed by atoms with E-state index in [1.54, 1.807) is 27.7 Å². The highest BCUT2D eigenvalue weighted by Gasteiger charge is 2.32. The Morgan fingerprint density at radius 1 is 1.03 bits per heavy atom. The molecule has 1 fully saturated rings. The Bertz CT molecular complexity index is 828. The molecule has 3 N–H and O–H groups in total. The number of fused-ring (bicyclic) bond motifs is 7. The van der Waals surface area contributed by atoms with Crippen LogP contribution in [0.4, 0.5) is 0 Å². The van der Waals surface area contributed by atoms with Crippen LogP contribution in [0.3, 0.4) is 0 Å². The van der Waals surface area contributed by atoms with E-state index in [1.807, 2.05) is 46.8 Å². The number of carbonyl (C=O) groups excluding carboxylic acids is 4. The highest BCUT2D eigenvalue weighted by Crippen LogP contribution is 2.24. The topological polar surface area (TPSA) is 114 Å². The van der Waals surface area contributed by atoms with Gasteiger partial charge in [0.2, 0.25) is 11.8 Å². The van der Waals surface area contributed by atoms with Gasteiger partial charge in [-0.05, 0) is 31.3 Å². The smallest absolute Gasteiger partial charge is 0.324 e. The molecule has 0 spiro atoms. The molecule has 0 radical (unpaired) electrons. The Kier molecular flexibility index (Phi) is 12.4. The molecule has 0 aliphatic carbocycles. The SMILES string of the molecule is C/C=C1/CNC(C(C)C)C(=O)OC2/C=C/CCSSCC(NC(=O)C(C(C)C)NC(=O)C2)C(=O)C1. The Hall–Kier alpha value is -1.78. The van der Waals surface area contributed by atoms with E-state index in [2.05, 4.69) is 16.0 Å². The lowest BCUT2D eigenvalue weighted by atomic mass is 9.99. The molecular formula is C25H39N3O5S2. The minimum atomic E-state index is -0.805. The van der Waals surface area contributed by atoms with Crippen LogP contribution in [0.5, 0.6) is 0 Å². The number of amides is 2. The van der Waals surface area contributed by atoms with Crippen LogP contribution in [-0.4, -0.2) is 65.8 Å². The third-order valence-electron chi connectivity index (χ3n) is 5.94. The highest BCUT2D eigenvalue weighted by atomic mass is 33.1. The van der Waals surface area contributed by atoms with Crippen LogP contribution in [0.2, 0.25) is 0 Å². The quantitative estimate of drug-likeness (QED) is 0.287. The van der Waals surface area contributed by atoms with Gasteiger partial charge in [-0.2, -0.15) is 0 Å². The molecule has 10 heteroatoms. The van der Waals surface area contributed by atoms with E-state index in [0.29, 0.717) is 12.3 Å². The molecule has 0 saturated carbocycles. The summed E-state index contributed by atoms with van der Waals surface area (Å²) in [4.78, 5) is 52.4. The number of Topliss-reactive ketones (excluding diaryl/α,β-unsaturated/α-hetero) is 1. The number of hydrogen-bond donors (Lipinski definition) is 3. The maximum atomic E-state index is 13.3. The van der Waals surface area contributed by atoms with Gasteiger partial charge in [0.05, 0.1) is 12.5 Å². The van der Waals surface area contributed by atoms with E-state index >= 15 is 0 Å². The van der Waals surface area contributed by atoms with Gasteiger partial charge >= 0.3 is 5.97 Å². The molecule has 0 aromatic carbocycles. The average Bonchev–Trinajstić information content (AvgIpc) is 2.78. The summed E-state index contributed by atoms with van der Waals surface area (Å²) in [6.45, 7) is 9.73. The second-order valence-corrected chi connectivity index (χ2v) is 12.2. The van der Waals surface area contributed by atoms with E-state index < -0.39 is 30.2 Å². The summed E-state index contributed by atoms with van der Waals surface area (Å²) in [5.74, 6) is -0.348. The van der Waals surface area contributed by atoms with Gasteiger partial charge in [-0.25, -0.2) is 0 Å². The van der Waals surface area contributed by atoms with Crippen molar-refractivity contribution in [2.75, 3.05) is 18.1 Å². The third-order valence-corrected chi connectivity index (χ3v) is 8.39. The molecule has 2 bridgehead atoms. The van der Waals surface area contributed by atoms with Crippen molar-refractivity contribution in [3.8, 4) is 0 Å². The number of ketones is 1. The summed E-state index contributed by atoms with van der Waals surface area (Å²) < 4.78 is 5.77. The van der Waals surface area contributed by atoms with Crippen molar-refractivity contribution in [2.45, 2.75) is 78.1 Å². The Labute approximate surface area is 216 Å². The van der Waals surface area contributed by atoms with Crippen molar-refractivity contribution in [2.24, 2.45) is 11.8 Å². The fourth-order valence-electron chi connectivity index (χ4n) is 3.78. The summed E-state index contributed by atoms with van der Waals surface area (Å²) in [6, 6.07) is -2.08. The molecule has 35 heavy (non-hydrogen) atoms. The molecule has 196 valence electrons. The molecule has 2 amide bonds. The first kappa shape index (κ1) is 29.5. The van der Waals surface area contributed by atoms with Gasteiger partial charge in [-0.3, -0.25) is 19.2 Å². The second-order valence-electron chi connectivity index (χ2n) is 9.55. The first-order chi connectivity index (χ1) is 16.6. The molecule has 2 heterocycles. The van der Waals surface area contributed by atoms with Gasteiger partial charge in [0, 0.05) is 24.5 Å². The van der Waals surface area contributed by atoms with Crippen molar-refractivity contribution in [3.05, 3.63) is 23.8 Å². The van der Waals surface area contributed by atoms with Crippen LogP contribution in [0.1, 0.15) is 53.9 Å². The monoisotopic (exact) mass is 525 g/mol. The number of rotatable bonds is 2. The standard InChI is InChI=1S/C25H39N3O5S2/c1-6-17-11-20(29)19-14-35-34-10-8-7-9-18(33-25(32)23(16(4)5)26-13-17)12-21(30)28-22(15(2)3)24(31)27-19/h6-7,9,15-16,18-19,22-23,26H,8,10-14H2,1-5H3,(H,27,31)(H,28,30)/b9-7+,17-6+. The molecule has 4 unspecified atom stereocenters. The van der Waals surface area contributed by atoms with Gasteiger partial charge in [0.25, 0.3) is 0 Å². The summed E-state index contributed by atoms with van der Waals surface area (Å²) in [5.41, 5.74) is 0.840. The summed E-state index contributed by atoms with van der Waals surface area (Å²) in [7, 11) is 3.17. The predicted molar refractivity (Wildman–Crippen MR) is 142 cm³/mol. The number of carbonyl (C=O) groups is 4. The Balaban J connectivity index is 2.49. The van der Waals surface area contributed by atoms with E-state index in [-0.39, 0.29) is 42.3 Å². The Morgan fingerprint density at radius 2 is 1.74 bits per heavy atom. The van der Waals surface area contributed by atoms with Crippen LogP contribution in [0, 0.1) is 11.8 Å². The van der Waals surface area contributed by atoms with Gasteiger partial charge < -0.3 is 20.7 Å². The van der Waals surface area contributed by atoms with Crippen LogP contribution >= 0.6 is 21.6 Å².